The smallest absolute Gasteiger partial charge is 0.184 e. The standard InChI is InChI=1S/C25H22N2O2S/c1-25(2,28)21-7-5-4-6-20(21)18-11-14-22-23(16-18)27-24(26-22)15-10-17-8-12-19(13-9-17)30(3)29/h4-9,11-14,16,28H,1-3H3,(H,26,27). The molecule has 1 unspecified atom stereocenters. The van der Waals surface area contributed by atoms with E-state index < -0.39 is 16.4 Å². The SMILES string of the molecule is CS(=O)c1ccc(C#Cc2nc3ccc(-c4ccccc4C(C)(C)O)cc3[nH]2)cc1. The molecule has 30 heavy (non-hydrogen) atoms. The van der Waals surface area contributed by atoms with Gasteiger partial charge in [0.15, 0.2) is 5.82 Å². The van der Waals surface area contributed by atoms with Crippen molar-refractivity contribution >= 4 is 21.8 Å². The highest BCUT2D eigenvalue weighted by molar-refractivity contribution is 7.84. The van der Waals surface area contributed by atoms with Gasteiger partial charge in [-0.05, 0) is 72.9 Å². The van der Waals surface area contributed by atoms with Crippen molar-refractivity contribution in [3.05, 3.63) is 83.7 Å². The second kappa shape index (κ2) is 7.91. The summed E-state index contributed by atoms with van der Waals surface area (Å²) in [7, 11) is -0.996. The van der Waals surface area contributed by atoms with E-state index in [0.717, 1.165) is 38.2 Å². The van der Waals surface area contributed by atoms with Crippen LogP contribution in [0.2, 0.25) is 0 Å². The molecule has 0 aliphatic heterocycles. The number of hydrogen-bond donors (Lipinski definition) is 2. The molecule has 0 aliphatic carbocycles. The van der Waals surface area contributed by atoms with E-state index in [2.05, 4.69) is 21.8 Å². The van der Waals surface area contributed by atoms with Gasteiger partial charge in [0.05, 0.1) is 16.6 Å². The van der Waals surface area contributed by atoms with E-state index in [9.17, 15) is 9.32 Å². The molecular weight excluding hydrogens is 392 g/mol. The van der Waals surface area contributed by atoms with Gasteiger partial charge in [-0.25, -0.2) is 4.98 Å². The monoisotopic (exact) mass is 414 g/mol. The summed E-state index contributed by atoms with van der Waals surface area (Å²) in [5.41, 5.74) is 4.49. The molecule has 0 saturated carbocycles. The van der Waals surface area contributed by atoms with Crippen molar-refractivity contribution in [2.45, 2.75) is 24.3 Å². The summed E-state index contributed by atoms with van der Waals surface area (Å²) >= 11 is 0. The van der Waals surface area contributed by atoms with E-state index in [1.165, 1.54) is 0 Å². The topological polar surface area (TPSA) is 66.0 Å². The molecule has 1 aromatic heterocycles. The van der Waals surface area contributed by atoms with Crippen molar-refractivity contribution in [2.24, 2.45) is 0 Å². The molecule has 4 nitrogen and oxygen atoms in total. The highest BCUT2D eigenvalue weighted by atomic mass is 32.2. The average molecular weight is 415 g/mol. The summed E-state index contributed by atoms with van der Waals surface area (Å²) in [5.74, 6) is 6.73. The van der Waals surface area contributed by atoms with Crippen molar-refractivity contribution in [3.63, 3.8) is 0 Å². The van der Waals surface area contributed by atoms with Gasteiger partial charge in [-0.1, -0.05) is 36.3 Å². The van der Waals surface area contributed by atoms with Gasteiger partial charge in [0.1, 0.15) is 0 Å². The predicted molar refractivity (Wildman–Crippen MR) is 122 cm³/mol. The number of benzene rings is 3. The molecule has 4 aromatic rings. The number of hydrogen-bond acceptors (Lipinski definition) is 3. The maximum atomic E-state index is 11.5. The van der Waals surface area contributed by atoms with Gasteiger partial charge in [0.2, 0.25) is 0 Å². The van der Waals surface area contributed by atoms with E-state index in [1.807, 2.05) is 66.7 Å². The Hall–Kier alpha value is -3.20. The molecule has 0 amide bonds. The van der Waals surface area contributed by atoms with Gasteiger partial charge in [0, 0.05) is 27.5 Å². The first-order chi connectivity index (χ1) is 14.3. The van der Waals surface area contributed by atoms with Gasteiger partial charge in [-0.3, -0.25) is 4.21 Å². The molecule has 3 aromatic carbocycles. The third kappa shape index (κ3) is 4.20. The Kier molecular flexibility index (Phi) is 5.29. The Morgan fingerprint density at radius 1 is 1.00 bits per heavy atom. The minimum absolute atomic E-state index is 0.584. The first-order valence-corrected chi connectivity index (χ1v) is 11.1. The molecule has 150 valence electrons. The molecule has 0 aliphatic rings. The number of aliphatic hydroxyl groups is 1. The van der Waals surface area contributed by atoms with Crippen molar-refractivity contribution < 1.29 is 9.32 Å². The minimum Gasteiger partial charge on any atom is -0.386 e. The lowest BCUT2D eigenvalue weighted by Crippen LogP contribution is -2.16. The lowest BCUT2D eigenvalue weighted by Gasteiger charge is -2.21. The third-order valence-electron chi connectivity index (χ3n) is 4.89. The van der Waals surface area contributed by atoms with Crippen LogP contribution in [0.1, 0.15) is 30.8 Å². The van der Waals surface area contributed by atoms with Crippen LogP contribution in [0.25, 0.3) is 22.2 Å². The van der Waals surface area contributed by atoms with Crippen molar-refractivity contribution in [1.82, 2.24) is 9.97 Å². The number of rotatable bonds is 3. The van der Waals surface area contributed by atoms with Gasteiger partial charge >= 0.3 is 0 Å². The van der Waals surface area contributed by atoms with Gasteiger partial charge in [-0.2, -0.15) is 0 Å². The Labute approximate surface area is 178 Å². The van der Waals surface area contributed by atoms with Crippen molar-refractivity contribution in [1.29, 1.82) is 0 Å². The van der Waals surface area contributed by atoms with Crippen LogP contribution < -0.4 is 0 Å². The van der Waals surface area contributed by atoms with Crippen LogP contribution in [-0.4, -0.2) is 25.5 Å². The second-order valence-electron chi connectivity index (χ2n) is 7.65. The average Bonchev–Trinajstić information content (AvgIpc) is 3.14. The van der Waals surface area contributed by atoms with Gasteiger partial charge in [0.25, 0.3) is 0 Å². The normalized spacial score (nSPS) is 12.4. The molecule has 2 N–H and O–H groups in total. The van der Waals surface area contributed by atoms with Crippen LogP contribution in [0.4, 0.5) is 0 Å². The number of aromatic amines is 1. The third-order valence-corrected chi connectivity index (χ3v) is 5.83. The van der Waals surface area contributed by atoms with Crippen LogP contribution in [0, 0.1) is 11.8 Å². The zero-order valence-electron chi connectivity index (χ0n) is 17.1. The number of imidazole rings is 1. The highest BCUT2D eigenvalue weighted by Crippen LogP contribution is 2.32. The first-order valence-electron chi connectivity index (χ1n) is 9.59. The minimum atomic E-state index is -0.996. The number of nitrogens with one attached hydrogen (secondary N) is 1. The maximum Gasteiger partial charge on any atom is 0.184 e. The fraction of sp³-hybridized carbons (Fsp3) is 0.160. The fourth-order valence-electron chi connectivity index (χ4n) is 3.37. The lowest BCUT2D eigenvalue weighted by atomic mass is 9.89. The van der Waals surface area contributed by atoms with E-state index in [0.29, 0.717) is 5.82 Å². The molecule has 0 radical (unpaired) electrons. The number of H-pyrrole nitrogens is 1. The van der Waals surface area contributed by atoms with E-state index in [-0.39, 0.29) is 0 Å². The van der Waals surface area contributed by atoms with E-state index in [4.69, 9.17) is 0 Å². The van der Waals surface area contributed by atoms with Crippen molar-refractivity contribution in [2.75, 3.05) is 6.26 Å². The molecule has 1 atom stereocenters. The number of aromatic nitrogens is 2. The van der Waals surface area contributed by atoms with Crippen LogP contribution >= 0.6 is 0 Å². The Morgan fingerprint density at radius 3 is 2.43 bits per heavy atom. The molecule has 4 rings (SSSR count). The summed E-state index contributed by atoms with van der Waals surface area (Å²) in [6.45, 7) is 3.58. The highest BCUT2D eigenvalue weighted by Gasteiger charge is 2.20. The summed E-state index contributed by atoms with van der Waals surface area (Å²) in [4.78, 5) is 8.60. The molecule has 0 bridgehead atoms. The van der Waals surface area contributed by atoms with Crippen LogP contribution in [-0.2, 0) is 16.4 Å². The van der Waals surface area contributed by atoms with E-state index >= 15 is 0 Å². The molecule has 5 heteroatoms. The number of nitrogens with zero attached hydrogens (tertiary/aromatic N) is 1. The molecule has 0 fully saturated rings. The van der Waals surface area contributed by atoms with Crippen LogP contribution in [0.3, 0.4) is 0 Å². The Bertz CT molecular complexity index is 1300. The first kappa shape index (κ1) is 20.1. The van der Waals surface area contributed by atoms with Gasteiger partial charge < -0.3 is 10.1 Å². The largest absolute Gasteiger partial charge is 0.386 e. The second-order valence-corrected chi connectivity index (χ2v) is 9.03. The zero-order valence-corrected chi connectivity index (χ0v) is 17.9. The number of fused-ring (bicyclic) bond motifs is 1. The maximum absolute atomic E-state index is 11.5. The molecule has 1 heterocycles. The summed E-state index contributed by atoms with van der Waals surface area (Å²) in [5, 5.41) is 10.5. The van der Waals surface area contributed by atoms with Crippen molar-refractivity contribution in [3.8, 4) is 23.0 Å². The summed E-state index contributed by atoms with van der Waals surface area (Å²) in [6.07, 6.45) is 1.66. The van der Waals surface area contributed by atoms with Crippen LogP contribution in [0.15, 0.2) is 71.6 Å². The molecule has 0 spiro atoms. The zero-order chi connectivity index (χ0) is 21.3. The van der Waals surface area contributed by atoms with Gasteiger partial charge in [-0.15, -0.1) is 0 Å². The molecular formula is C25H22N2O2S. The van der Waals surface area contributed by atoms with Crippen LogP contribution in [0.5, 0.6) is 0 Å². The quantitative estimate of drug-likeness (QED) is 0.482. The summed E-state index contributed by atoms with van der Waals surface area (Å²) in [6, 6.07) is 21.2. The predicted octanol–water partition coefficient (Wildman–Crippen LogP) is 4.59. The molecule has 0 saturated heterocycles. The Morgan fingerprint density at radius 2 is 1.73 bits per heavy atom. The lowest BCUT2D eigenvalue weighted by molar-refractivity contribution is 0.0792. The Balaban J connectivity index is 1.67. The van der Waals surface area contributed by atoms with E-state index in [1.54, 1.807) is 20.1 Å². The summed E-state index contributed by atoms with van der Waals surface area (Å²) < 4.78 is 11.5. The fourth-order valence-corrected chi connectivity index (χ4v) is 3.89.